The fraction of sp³-hybridized carbons (Fsp3) is 0.258. The molecule has 3 aromatic rings. The second kappa shape index (κ2) is 12.6. The van der Waals surface area contributed by atoms with Gasteiger partial charge in [0.2, 0.25) is 0 Å². The summed E-state index contributed by atoms with van der Waals surface area (Å²) in [6.07, 6.45) is -4.00. The minimum atomic E-state index is -4.95. The van der Waals surface area contributed by atoms with E-state index < -0.39 is 41.6 Å². The van der Waals surface area contributed by atoms with E-state index in [0.717, 1.165) is 11.0 Å². The Morgan fingerprint density at radius 1 is 1.16 bits per heavy atom. The topological polar surface area (TPSA) is 143 Å². The number of carbonyl (C=O) groups excluding carboxylic acids is 2. The zero-order chi connectivity index (χ0) is 32.2. The lowest BCUT2D eigenvalue weighted by Gasteiger charge is -2.33. The normalized spacial score (nSPS) is 17.4. The highest BCUT2D eigenvalue weighted by Crippen LogP contribution is 2.38. The van der Waals surface area contributed by atoms with E-state index >= 15 is 0 Å². The first kappa shape index (κ1) is 31.0. The van der Waals surface area contributed by atoms with Gasteiger partial charge >= 0.3 is 12.3 Å². The number of carbonyl (C=O) groups is 2. The van der Waals surface area contributed by atoms with E-state index in [0.29, 0.717) is 36.1 Å². The van der Waals surface area contributed by atoms with Crippen LogP contribution in [0.15, 0.2) is 94.8 Å². The van der Waals surface area contributed by atoms with Gasteiger partial charge in [-0.1, -0.05) is 53.6 Å². The highest BCUT2D eigenvalue weighted by molar-refractivity contribution is 6.05. The van der Waals surface area contributed by atoms with Crippen LogP contribution >= 0.6 is 0 Å². The molecule has 2 aliphatic heterocycles. The number of anilines is 1. The molecule has 11 nitrogen and oxygen atoms in total. The highest BCUT2D eigenvalue weighted by Gasteiger charge is 2.42. The number of benzene rings is 3. The maximum absolute atomic E-state index is 13.9. The molecule has 14 heteroatoms. The average Bonchev–Trinajstić information content (AvgIpc) is 3.34. The van der Waals surface area contributed by atoms with Gasteiger partial charge in [0, 0.05) is 22.7 Å². The van der Waals surface area contributed by atoms with Crippen molar-refractivity contribution in [2.24, 2.45) is 10.1 Å². The second-order valence-corrected chi connectivity index (χ2v) is 10.7. The molecular weight excluding hydrogens is 591 g/mol. The fourth-order valence-corrected chi connectivity index (χ4v) is 5.18. The van der Waals surface area contributed by atoms with Crippen LogP contribution in [0.1, 0.15) is 40.4 Å². The number of rotatable bonds is 8. The lowest BCUT2D eigenvalue weighted by atomic mass is 10.0. The van der Waals surface area contributed by atoms with Crippen LogP contribution in [-0.2, 0) is 24.1 Å². The minimum absolute atomic E-state index is 0.103. The van der Waals surface area contributed by atoms with Crippen molar-refractivity contribution < 1.29 is 32.6 Å². The van der Waals surface area contributed by atoms with Crippen LogP contribution in [0, 0.1) is 0 Å². The Morgan fingerprint density at radius 3 is 2.51 bits per heavy atom. The summed E-state index contributed by atoms with van der Waals surface area (Å²) in [7, 11) is 0. The van der Waals surface area contributed by atoms with Crippen molar-refractivity contribution in [2.45, 2.75) is 38.2 Å². The van der Waals surface area contributed by atoms with Gasteiger partial charge in [0.25, 0.3) is 5.91 Å². The number of halogens is 3. The number of para-hydroxylation sites is 1. The van der Waals surface area contributed by atoms with Crippen LogP contribution in [0.5, 0.6) is 5.75 Å². The molecule has 0 bridgehead atoms. The van der Waals surface area contributed by atoms with Crippen LogP contribution < -0.4 is 5.32 Å². The Bertz CT molecular complexity index is 1710. The third-order valence-corrected chi connectivity index (χ3v) is 7.51. The molecule has 0 spiro atoms. The summed E-state index contributed by atoms with van der Waals surface area (Å²) >= 11 is 0. The number of aromatic hydroxyl groups is 1. The number of aliphatic imine (C=N–C) groups is 1. The van der Waals surface area contributed by atoms with Crippen molar-refractivity contribution in [3.8, 4) is 5.75 Å². The second-order valence-electron chi connectivity index (χ2n) is 10.7. The summed E-state index contributed by atoms with van der Waals surface area (Å²) in [6.45, 7) is 1.64. The number of amides is 2. The largest absolute Gasteiger partial charge is 0.507 e. The molecule has 3 aromatic carbocycles. The fourth-order valence-electron chi connectivity index (χ4n) is 5.18. The number of hydrogen-bond acceptors (Lipinski definition) is 7. The number of ether oxygens (including phenoxy) is 1. The summed E-state index contributed by atoms with van der Waals surface area (Å²) in [5.74, 6) is -1.43. The van der Waals surface area contributed by atoms with Gasteiger partial charge in [0.15, 0.2) is 0 Å². The molecule has 2 N–H and O–H groups in total. The minimum Gasteiger partial charge on any atom is -0.507 e. The molecule has 2 aliphatic rings. The Kier molecular flexibility index (Phi) is 8.68. The van der Waals surface area contributed by atoms with Gasteiger partial charge < -0.3 is 20.1 Å². The van der Waals surface area contributed by atoms with E-state index in [-0.39, 0.29) is 30.0 Å². The van der Waals surface area contributed by atoms with Crippen molar-refractivity contribution in [2.75, 3.05) is 18.4 Å². The van der Waals surface area contributed by atoms with E-state index in [2.05, 4.69) is 20.3 Å². The van der Waals surface area contributed by atoms with Crippen LogP contribution in [0.25, 0.3) is 10.4 Å². The van der Waals surface area contributed by atoms with Crippen molar-refractivity contribution >= 4 is 23.5 Å². The first-order valence-electron chi connectivity index (χ1n) is 13.8. The van der Waals surface area contributed by atoms with Crippen molar-refractivity contribution in [1.82, 2.24) is 9.80 Å². The number of phenols is 1. The van der Waals surface area contributed by atoms with Gasteiger partial charge in [-0.05, 0) is 54.3 Å². The average molecular weight is 620 g/mol. The van der Waals surface area contributed by atoms with E-state index in [1.54, 1.807) is 67.6 Å². The Morgan fingerprint density at radius 2 is 1.84 bits per heavy atom. The number of phenolic OH excluding ortho intramolecular Hbond substituents is 1. The third-order valence-electron chi connectivity index (χ3n) is 7.51. The molecular formula is C31H28F3N7O4. The molecule has 2 amide bonds. The highest BCUT2D eigenvalue weighted by atomic mass is 19.4. The van der Waals surface area contributed by atoms with Crippen LogP contribution in [0.2, 0.25) is 0 Å². The molecule has 1 fully saturated rings. The zero-order valence-electron chi connectivity index (χ0n) is 24.0. The summed E-state index contributed by atoms with van der Waals surface area (Å²) < 4.78 is 47.3. The first-order valence-corrected chi connectivity index (χ1v) is 13.8. The molecule has 1 saturated heterocycles. The Hall–Kier alpha value is -5.49. The van der Waals surface area contributed by atoms with Gasteiger partial charge in [-0.3, -0.25) is 9.69 Å². The number of amidine groups is 1. The number of nitrogens with one attached hydrogen (secondary N) is 1. The van der Waals surface area contributed by atoms with Crippen LogP contribution in [0.4, 0.5) is 23.7 Å². The predicted molar refractivity (Wildman–Crippen MR) is 159 cm³/mol. The lowest BCUT2D eigenvalue weighted by Crippen LogP contribution is -2.43. The third kappa shape index (κ3) is 6.86. The number of fused-ring (bicyclic) bond motifs is 1. The van der Waals surface area contributed by atoms with Crippen molar-refractivity contribution in [3.63, 3.8) is 0 Å². The molecule has 0 aliphatic carbocycles. The van der Waals surface area contributed by atoms with Crippen molar-refractivity contribution in [1.29, 1.82) is 0 Å². The quantitative estimate of drug-likeness (QED) is 0.161. The van der Waals surface area contributed by atoms with Gasteiger partial charge in [-0.2, -0.15) is 13.2 Å². The van der Waals surface area contributed by atoms with Crippen LogP contribution in [0.3, 0.4) is 0 Å². The molecule has 1 atom stereocenters. The van der Waals surface area contributed by atoms with E-state index in [1.165, 1.54) is 6.20 Å². The van der Waals surface area contributed by atoms with E-state index in [9.17, 15) is 27.9 Å². The summed E-state index contributed by atoms with van der Waals surface area (Å²) in [5, 5.41) is 16.8. The van der Waals surface area contributed by atoms with Crippen LogP contribution in [-0.4, -0.2) is 51.4 Å². The first-order chi connectivity index (χ1) is 21.5. The standard InChI is InChI=1S/C31H28F3N7O4/c1-30(38-39-35)12-13-40-18-23(16-36-28(30)40)41(29(44)45-19-20-8-4-2-5-9-20)17-21-14-25(31(32,33)34)26(42)15-24(21)27(43)37-22-10-6-3-7-11-22/h2-11,14-16,42H,12-13,17-19H2,1H3,(H,37,43)/t30-/m1/s1. The molecule has 5 rings (SSSR count). The summed E-state index contributed by atoms with van der Waals surface area (Å²) in [4.78, 5) is 37.3. The summed E-state index contributed by atoms with van der Waals surface area (Å²) in [6, 6.07) is 18.5. The van der Waals surface area contributed by atoms with E-state index in [4.69, 9.17) is 10.3 Å². The molecule has 45 heavy (non-hydrogen) atoms. The predicted octanol–water partition coefficient (Wildman–Crippen LogP) is 6.83. The van der Waals surface area contributed by atoms with Gasteiger partial charge in [0.05, 0.1) is 30.5 Å². The number of hydrogen-bond donors (Lipinski definition) is 2. The molecule has 0 saturated carbocycles. The number of alkyl halides is 3. The molecule has 232 valence electrons. The van der Waals surface area contributed by atoms with Gasteiger partial charge in [-0.25, -0.2) is 9.79 Å². The SMILES string of the molecule is C[C@@]1(N=[N+]=[N-])CCN2CC(N(Cc3cc(C(F)(F)F)c(O)cc3C(=O)Nc3ccccc3)C(=O)OCc3ccccc3)=CN=C21. The smallest absolute Gasteiger partial charge is 0.419 e. The Balaban J connectivity index is 1.54. The lowest BCUT2D eigenvalue weighted by molar-refractivity contribution is -0.138. The maximum Gasteiger partial charge on any atom is 0.419 e. The van der Waals surface area contributed by atoms with Crippen molar-refractivity contribution in [3.05, 3.63) is 117 Å². The van der Waals surface area contributed by atoms with Gasteiger partial charge in [0.1, 0.15) is 23.7 Å². The van der Waals surface area contributed by atoms with E-state index in [1.807, 2.05) is 4.90 Å². The maximum atomic E-state index is 13.9. The molecule has 0 radical (unpaired) electrons. The summed E-state index contributed by atoms with van der Waals surface area (Å²) in [5.41, 5.74) is 7.64. The molecule has 0 aromatic heterocycles. The Labute approximate surface area is 255 Å². The van der Waals surface area contributed by atoms with Gasteiger partial charge in [-0.15, -0.1) is 0 Å². The number of nitrogens with zero attached hydrogens (tertiary/aromatic N) is 6. The number of azide groups is 1. The molecule has 0 unspecified atom stereocenters. The monoisotopic (exact) mass is 619 g/mol. The molecule has 2 heterocycles. The zero-order valence-corrected chi connectivity index (χ0v) is 24.0.